The number of nitrogens with zero attached hydrogens (tertiary/aromatic N) is 1. The largest absolute Gasteiger partial charge is 0.504 e. The van der Waals surface area contributed by atoms with Crippen LogP contribution in [-0.2, 0) is 14.3 Å². The van der Waals surface area contributed by atoms with Crippen molar-refractivity contribution < 1.29 is 24.2 Å². The molecule has 0 radical (unpaired) electrons. The molecule has 0 fully saturated rings. The Hall–Kier alpha value is -3.41. The second-order valence-corrected chi connectivity index (χ2v) is 8.84. The number of carbonyl (C=O) groups excluding carboxylic acids is 2. The minimum atomic E-state index is -0.707. The van der Waals surface area contributed by atoms with Gasteiger partial charge < -0.3 is 14.6 Å². The number of ketones is 1. The van der Waals surface area contributed by atoms with Crippen LogP contribution >= 0.6 is 0 Å². The van der Waals surface area contributed by atoms with Gasteiger partial charge in [0.05, 0.1) is 13.2 Å². The number of allylic oxidation sites excluding steroid dienone is 2. The van der Waals surface area contributed by atoms with Gasteiger partial charge in [0.2, 0.25) is 0 Å². The molecule has 0 bridgehead atoms. The summed E-state index contributed by atoms with van der Waals surface area (Å²) in [6, 6.07) is 15.0. The second kappa shape index (κ2) is 10.2. The molecule has 6 nitrogen and oxygen atoms in total. The average molecular weight is 462 g/mol. The van der Waals surface area contributed by atoms with Crippen LogP contribution in [0.2, 0.25) is 0 Å². The zero-order valence-corrected chi connectivity index (χ0v) is 19.9. The molecule has 0 saturated heterocycles. The summed E-state index contributed by atoms with van der Waals surface area (Å²) >= 11 is 0. The number of ether oxygens (including phenoxy) is 2. The first-order valence-electron chi connectivity index (χ1n) is 11.9. The Balaban J connectivity index is 1.81. The highest BCUT2D eigenvalue weighted by Gasteiger charge is 2.45. The van der Waals surface area contributed by atoms with Crippen molar-refractivity contribution in [2.45, 2.75) is 51.9 Å². The summed E-state index contributed by atoms with van der Waals surface area (Å²) in [5, 5.41) is 10.2. The van der Waals surface area contributed by atoms with Gasteiger partial charge in [-0.1, -0.05) is 43.3 Å². The van der Waals surface area contributed by atoms with E-state index in [4.69, 9.17) is 14.5 Å². The Labute approximate surface area is 200 Å². The smallest absolute Gasteiger partial charge is 0.315 e. The molecule has 3 atom stereocenters. The third-order valence-corrected chi connectivity index (χ3v) is 6.50. The van der Waals surface area contributed by atoms with Crippen LogP contribution in [0.5, 0.6) is 11.5 Å². The first-order chi connectivity index (χ1) is 16.4. The number of aromatic hydroxyl groups is 1. The normalized spacial score (nSPS) is 22.1. The van der Waals surface area contributed by atoms with Crippen molar-refractivity contribution in [2.24, 2.45) is 10.9 Å². The van der Waals surface area contributed by atoms with E-state index in [-0.39, 0.29) is 23.4 Å². The lowest BCUT2D eigenvalue weighted by atomic mass is 9.69. The quantitative estimate of drug-likeness (QED) is 0.564. The fourth-order valence-corrected chi connectivity index (χ4v) is 4.97. The number of hydrogen-bond donors (Lipinski definition) is 1. The second-order valence-electron chi connectivity index (χ2n) is 8.84. The maximum atomic E-state index is 13.6. The monoisotopic (exact) mass is 461 g/mol. The summed E-state index contributed by atoms with van der Waals surface area (Å²) in [4.78, 5) is 31.6. The van der Waals surface area contributed by atoms with Gasteiger partial charge in [-0.15, -0.1) is 0 Å². The molecule has 6 heteroatoms. The van der Waals surface area contributed by atoms with Gasteiger partial charge in [0.1, 0.15) is 5.92 Å². The molecule has 1 aliphatic heterocycles. The molecule has 1 unspecified atom stereocenters. The van der Waals surface area contributed by atoms with Crippen molar-refractivity contribution in [1.82, 2.24) is 0 Å². The number of phenolic OH excluding ortho intramolecular Hbond substituents is 1. The van der Waals surface area contributed by atoms with E-state index >= 15 is 0 Å². The zero-order chi connectivity index (χ0) is 24.2. The molecule has 34 heavy (non-hydrogen) atoms. The van der Waals surface area contributed by atoms with Crippen molar-refractivity contribution in [3.63, 3.8) is 0 Å². The van der Waals surface area contributed by atoms with Crippen LogP contribution in [0.3, 0.4) is 0 Å². The van der Waals surface area contributed by atoms with Gasteiger partial charge in [0.15, 0.2) is 17.3 Å². The summed E-state index contributed by atoms with van der Waals surface area (Å²) in [5.41, 5.74) is 3.78. The number of hydrogen-bond acceptors (Lipinski definition) is 6. The maximum Gasteiger partial charge on any atom is 0.315 e. The van der Waals surface area contributed by atoms with E-state index in [2.05, 4.69) is 0 Å². The highest BCUT2D eigenvalue weighted by Crippen LogP contribution is 2.47. The number of benzene rings is 2. The molecule has 2 aliphatic rings. The molecular formula is C28H31NO5. The van der Waals surface area contributed by atoms with Crippen molar-refractivity contribution in [3.05, 3.63) is 70.9 Å². The molecule has 2 aromatic rings. The first kappa shape index (κ1) is 23.7. The molecule has 1 aliphatic carbocycles. The number of carbonyl (C=O) groups is 2. The summed E-state index contributed by atoms with van der Waals surface area (Å²) in [5.74, 6) is -1.24. The summed E-state index contributed by atoms with van der Waals surface area (Å²) in [6.07, 6.45) is 1.70. The molecule has 0 spiro atoms. The summed E-state index contributed by atoms with van der Waals surface area (Å²) < 4.78 is 11.1. The Kier molecular flexibility index (Phi) is 7.15. The summed E-state index contributed by atoms with van der Waals surface area (Å²) in [7, 11) is 0. The highest BCUT2D eigenvalue weighted by atomic mass is 16.5. The molecule has 2 aromatic carbocycles. The van der Waals surface area contributed by atoms with Crippen molar-refractivity contribution in [2.75, 3.05) is 13.2 Å². The minimum Gasteiger partial charge on any atom is -0.504 e. The Morgan fingerprint density at radius 1 is 1.09 bits per heavy atom. The van der Waals surface area contributed by atoms with Crippen molar-refractivity contribution in [3.8, 4) is 11.5 Å². The van der Waals surface area contributed by atoms with Crippen molar-refractivity contribution >= 4 is 17.5 Å². The lowest BCUT2D eigenvalue weighted by Crippen LogP contribution is -2.38. The van der Waals surface area contributed by atoms with E-state index in [9.17, 15) is 14.7 Å². The topological polar surface area (TPSA) is 85.2 Å². The molecule has 0 aromatic heterocycles. The van der Waals surface area contributed by atoms with Gasteiger partial charge in [-0.3, -0.25) is 14.6 Å². The molecule has 1 N–H and O–H groups in total. The van der Waals surface area contributed by atoms with E-state index in [1.165, 1.54) is 0 Å². The SMILES string of the molecule is CCCOC(=O)C1C(C)=NC2=C(C(=O)C[C@@H](c3ccccc3)C2)[C@@H]1c1ccc(O)c(OCC)c1. The first-order valence-corrected chi connectivity index (χ1v) is 11.9. The highest BCUT2D eigenvalue weighted by molar-refractivity contribution is 6.09. The molecule has 0 amide bonds. The number of aliphatic imine (C=N–C) groups is 1. The number of rotatable bonds is 7. The van der Waals surface area contributed by atoms with E-state index < -0.39 is 11.8 Å². The standard InChI is InChI=1S/C28H31NO5/c1-4-13-34-28(32)25-17(3)29-21-14-20(18-9-7-6-8-10-18)15-23(31)27(21)26(25)19-11-12-22(30)24(16-19)33-5-2/h6-12,16,20,25-26,30H,4-5,13-15H2,1-3H3/t20-,25?,26+/m0/s1. The maximum absolute atomic E-state index is 13.6. The van der Waals surface area contributed by atoms with Gasteiger partial charge in [-0.05, 0) is 55.9 Å². The fraction of sp³-hybridized carbons (Fsp3) is 0.393. The Morgan fingerprint density at radius 3 is 2.56 bits per heavy atom. The van der Waals surface area contributed by atoms with Crippen LogP contribution in [0.1, 0.15) is 63.0 Å². The number of phenols is 1. The lowest BCUT2D eigenvalue weighted by Gasteiger charge is -2.36. The molecule has 178 valence electrons. The van der Waals surface area contributed by atoms with Crippen LogP contribution in [0.25, 0.3) is 0 Å². The van der Waals surface area contributed by atoms with Crippen LogP contribution in [-0.4, -0.2) is 35.8 Å². The van der Waals surface area contributed by atoms with Gasteiger partial charge in [-0.2, -0.15) is 0 Å². The van der Waals surface area contributed by atoms with Crippen LogP contribution < -0.4 is 4.74 Å². The van der Waals surface area contributed by atoms with Gasteiger partial charge >= 0.3 is 5.97 Å². The van der Waals surface area contributed by atoms with Crippen LogP contribution in [0.4, 0.5) is 0 Å². The Bertz CT molecular complexity index is 1130. The number of Topliss-reactive ketones (excluding diaryl/α,β-unsaturated/α-hetero) is 1. The van der Waals surface area contributed by atoms with Crippen LogP contribution in [0.15, 0.2) is 64.8 Å². The van der Waals surface area contributed by atoms with Gasteiger partial charge in [0.25, 0.3) is 0 Å². The average Bonchev–Trinajstić information content (AvgIpc) is 2.83. The molecule has 4 rings (SSSR count). The molecule has 1 heterocycles. The molecular weight excluding hydrogens is 430 g/mol. The van der Waals surface area contributed by atoms with E-state index in [1.807, 2.05) is 51.1 Å². The molecule has 0 saturated carbocycles. The van der Waals surface area contributed by atoms with E-state index in [0.29, 0.717) is 49.5 Å². The fourth-order valence-electron chi connectivity index (χ4n) is 4.97. The summed E-state index contributed by atoms with van der Waals surface area (Å²) in [6.45, 7) is 6.30. The Morgan fingerprint density at radius 2 is 1.85 bits per heavy atom. The third-order valence-electron chi connectivity index (χ3n) is 6.50. The van der Waals surface area contributed by atoms with Crippen LogP contribution in [0, 0.1) is 5.92 Å². The minimum absolute atomic E-state index is 0.00400. The van der Waals surface area contributed by atoms with E-state index in [0.717, 1.165) is 16.8 Å². The van der Waals surface area contributed by atoms with Crippen molar-refractivity contribution in [1.29, 1.82) is 0 Å². The predicted octanol–water partition coefficient (Wildman–Crippen LogP) is 5.32. The number of esters is 1. The lowest BCUT2D eigenvalue weighted by molar-refractivity contribution is -0.146. The zero-order valence-electron chi connectivity index (χ0n) is 19.9. The van der Waals surface area contributed by atoms with E-state index in [1.54, 1.807) is 18.2 Å². The third kappa shape index (κ3) is 4.63. The van der Waals surface area contributed by atoms with Gasteiger partial charge in [0, 0.05) is 29.3 Å². The van der Waals surface area contributed by atoms with Gasteiger partial charge in [-0.25, -0.2) is 0 Å². The predicted molar refractivity (Wildman–Crippen MR) is 130 cm³/mol.